The second-order valence-electron chi connectivity index (χ2n) is 3.96. The Morgan fingerprint density at radius 1 is 1.61 bits per heavy atom. The molecule has 2 rings (SSSR count). The molecule has 1 N–H and O–H groups in total. The molecule has 18 heavy (non-hydrogen) atoms. The minimum atomic E-state index is -0.517. The zero-order valence-electron chi connectivity index (χ0n) is 9.49. The van der Waals surface area contributed by atoms with Gasteiger partial charge in [0, 0.05) is 18.8 Å². The molecule has 0 spiro atoms. The molecule has 1 unspecified atom stereocenters. The predicted octanol–water partition coefficient (Wildman–Crippen LogP) is 1.70. The highest BCUT2D eigenvalue weighted by molar-refractivity contribution is 6.31. The maximum atomic E-state index is 13.1. The number of nitrogens with zero attached hydrogens (tertiary/aromatic N) is 2. The van der Waals surface area contributed by atoms with E-state index in [9.17, 15) is 9.18 Å². The van der Waals surface area contributed by atoms with Crippen molar-refractivity contribution in [2.75, 3.05) is 18.0 Å². The standard InChI is InChI=1S/C12H11ClFN3O/c13-9-7-8(1-2-10(9)14)17-6-5-16-11(3-4-15)12(17)18/h1-2,7,11,16H,3,5-6H2. The Kier molecular flexibility index (Phi) is 3.80. The van der Waals surface area contributed by atoms with Crippen molar-refractivity contribution in [3.63, 3.8) is 0 Å². The van der Waals surface area contributed by atoms with Gasteiger partial charge < -0.3 is 10.2 Å². The monoisotopic (exact) mass is 267 g/mol. The number of hydrogen-bond acceptors (Lipinski definition) is 3. The van der Waals surface area contributed by atoms with Gasteiger partial charge in [0.15, 0.2) is 0 Å². The van der Waals surface area contributed by atoms with E-state index in [0.29, 0.717) is 18.8 Å². The van der Waals surface area contributed by atoms with Crippen LogP contribution in [0.1, 0.15) is 6.42 Å². The summed E-state index contributed by atoms with van der Waals surface area (Å²) in [7, 11) is 0. The number of amides is 1. The molecule has 1 heterocycles. The average molecular weight is 268 g/mol. The van der Waals surface area contributed by atoms with Crippen LogP contribution in [0.15, 0.2) is 18.2 Å². The molecule has 1 aliphatic rings. The highest BCUT2D eigenvalue weighted by Gasteiger charge is 2.29. The Hall–Kier alpha value is -1.64. The van der Waals surface area contributed by atoms with E-state index in [0.717, 1.165) is 0 Å². The van der Waals surface area contributed by atoms with E-state index < -0.39 is 11.9 Å². The Morgan fingerprint density at radius 2 is 2.39 bits per heavy atom. The van der Waals surface area contributed by atoms with Crippen LogP contribution in [-0.4, -0.2) is 25.0 Å². The Morgan fingerprint density at radius 3 is 3.06 bits per heavy atom. The van der Waals surface area contributed by atoms with Gasteiger partial charge in [-0.3, -0.25) is 4.79 Å². The van der Waals surface area contributed by atoms with Crippen LogP contribution in [0, 0.1) is 17.1 Å². The van der Waals surface area contributed by atoms with Gasteiger partial charge in [-0.2, -0.15) is 5.26 Å². The van der Waals surface area contributed by atoms with Crippen molar-refractivity contribution in [1.29, 1.82) is 5.26 Å². The lowest BCUT2D eigenvalue weighted by Crippen LogP contribution is -2.55. The summed E-state index contributed by atoms with van der Waals surface area (Å²) in [5, 5.41) is 11.6. The molecular formula is C12H11ClFN3O. The molecule has 0 saturated carbocycles. The summed E-state index contributed by atoms with van der Waals surface area (Å²) < 4.78 is 13.1. The fourth-order valence-corrected chi connectivity index (χ4v) is 2.07. The molecule has 1 saturated heterocycles. The number of benzene rings is 1. The fraction of sp³-hybridized carbons (Fsp3) is 0.333. The van der Waals surface area contributed by atoms with Crippen molar-refractivity contribution in [2.45, 2.75) is 12.5 Å². The number of piperazine rings is 1. The van der Waals surface area contributed by atoms with E-state index in [4.69, 9.17) is 16.9 Å². The van der Waals surface area contributed by atoms with Crippen LogP contribution >= 0.6 is 11.6 Å². The Balaban J connectivity index is 2.24. The van der Waals surface area contributed by atoms with E-state index in [1.165, 1.54) is 23.1 Å². The average Bonchev–Trinajstić information content (AvgIpc) is 2.36. The quantitative estimate of drug-likeness (QED) is 0.887. The van der Waals surface area contributed by atoms with Gasteiger partial charge in [-0.15, -0.1) is 0 Å². The van der Waals surface area contributed by atoms with Crippen LogP contribution in [-0.2, 0) is 4.79 Å². The second kappa shape index (κ2) is 5.34. The van der Waals surface area contributed by atoms with Crippen molar-refractivity contribution in [3.8, 4) is 6.07 Å². The topological polar surface area (TPSA) is 56.1 Å². The number of rotatable bonds is 2. The smallest absolute Gasteiger partial charge is 0.245 e. The number of hydrogen-bond donors (Lipinski definition) is 1. The van der Waals surface area contributed by atoms with Crippen molar-refractivity contribution >= 4 is 23.2 Å². The summed E-state index contributed by atoms with van der Waals surface area (Å²) in [5.41, 5.74) is 0.552. The van der Waals surface area contributed by atoms with Crippen LogP contribution in [0.3, 0.4) is 0 Å². The summed E-state index contributed by atoms with van der Waals surface area (Å²) in [4.78, 5) is 13.6. The van der Waals surface area contributed by atoms with Crippen LogP contribution in [0.4, 0.5) is 10.1 Å². The first-order chi connectivity index (χ1) is 8.63. The zero-order chi connectivity index (χ0) is 13.1. The lowest BCUT2D eigenvalue weighted by molar-refractivity contribution is -0.121. The molecule has 0 aromatic heterocycles. The molecule has 94 valence electrons. The molecule has 1 aliphatic heterocycles. The van der Waals surface area contributed by atoms with Gasteiger partial charge in [-0.25, -0.2) is 4.39 Å². The fourth-order valence-electron chi connectivity index (χ4n) is 1.90. The first-order valence-electron chi connectivity index (χ1n) is 5.50. The number of carbonyl (C=O) groups excluding carboxylic acids is 1. The third kappa shape index (κ3) is 2.45. The summed E-state index contributed by atoms with van der Waals surface area (Å²) in [6.45, 7) is 1.07. The van der Waals surface area contributed by atoms with Gasteiger partial charge in [-0.1, -0.05) is 11.6 Å². The highest BCUT2D eigenvalue weighted by Crippen LogP contribution is 2.24. The van der Waals surface area contributed by atoms with Gasteiger partial charge in [0.2, 0.25) is 5.91 Å². The van der Waals surface area contributed by atoms with Crippen LogP contribution in [0.2, 0.25) is 5.02 Å². The van der Waals surface area contributed by atoms with Crippen molar-refractivity contribution in [1.82, 2.24) is 5.32 Å². The molecular weight excluding hydrogens is 257 g/mol. The molecule has 0 aliphatic carbocycles. The second-order valence-corrected chi connectivity index (χ2v) is 4.36. The largest absolute Gasteiger partial charge is 0.310 e. The normalized spacial score (nSPS) is 19.7. The minimum Gasteiger partial charge on any atom is -0.310 e. The van der Waals surface area contributed by atoms with Crippen molar-refractivity contribution < 1.29 is 9.18 Å². The summed E-state index contributed by atoms with van der Waals surface area (Å²) in [6.07, 6.45) is 0.115. The van der Waals surface area contributed by atoms with Gasteiger partial charge in [0.05, 0.1) is 17.5 Å². The van der Waals surface area contributed by atoms with E-state index in [1.807, 2.05) is 6.07 Å². The molecule has 0 radical (unpaired) electrons. The van der Waals surface area contributed by atoms with Gasteiger partial charge in [0.1, 0.15) is 11.9 Å². The molecule has 0 bridgehead atoms. The van der Waals surface area contributed by atoms with Gasteiger partial charge in [-0.05, 0) is 18.2 Å². The zero-order valence-corrected chi connectivity index (χ0v) is 10.2. The van der Waals surface area contributed by atoms with Gasteiger partial charge in [0.25, 0.3) is 0 Å². The molecule has 4 nitrogen and oxygen atoms in total. The first-order valence-corrected chi connectivity index (χ1v) is 5.88. The van der Waals surface area contributed by atoms with Crippen molar-refractivity contribution in [2.24, 2.45) is 0 Å². The molecule has 6 heteroatoms. The Labute approximate surface area is 109 Å². The predicted molar refractivity (Wildman–Crippen MR) is 65.8 cm³/mol. The number of nitriles is 1. The third-order valence-electron chi connectivity index (χ3n) is 2.80. The summed E-state index contributed by atoms with van der Waals surface area (Å²) in [6, 6.07) is 5.61. The third-order valence-corrected chi connectivity index (χ3v) is 3.09. The van der Waals surface area contributed by atoms with Crippen LogP contribution in [0.25, 0.3) is 0 Å². The summed E-state index contributed by atoms with van der Waals surface area (Å²) in [5.74, 6) is -0.706. The minimum absolute atomic E-state index is 0.0179. The lowest BCUT2D eigenvalue weighted by atomic mass is 10.1. The van der Waals surface area contributed by atoms with E-state index in [1.54, 1.807) is 0 Å². The molecule has 1 aromatic carbocycles. The maximum absolute atomic E-state index is 13.1. The van der Waals surface area contributed by atoms with Gasteiger partial charge >= 0.3 is 0 Å². The molecule has 1 atom stereocenters. The van der Waals surface area contributed by atoms with E-state index >= 15 is 0 Å². The molecule has 1 aromatic rings. The van der Waals surface area contributed by atoms with Crippen LogP contribution < -0.4 is 10.2 Å². The maximum Gasteiger partial charge on any atom is 0.245 e. The Bertz CT molecular complexity index is 515. The molecule has 1 fully saturated rings. The summed E-state index contributed by atoms with van der Waals surface area (Å²) >= 11 is 5.70. The SMILES string of the molecule is N#CCC1NCCN(c2ccc(F)c(Cl)c2)C1=O. The van der Waals surface area contributed by atoms with E-state index in [-0.39, 0.29) is 17.4 Å². The van der Waals surface area contributed by atoms with E-state index in [2.05, 4.69) is 5.32 Å². The molecule has 1 amide bonds. The highest BCUT2D eigenvalue weighted by atomic mass is 35.5. The number of carbonyl (C=O) groups is 1. The lowest BCUT2D eigenvalue weighted by Gasteiger charge is -2.32. The van der Waals surface area contributed by atoms with Crippen molar-refractivity contribution in [3.05, 3.63) is 29.0 Å². The number of halogens is 2. The number of nitrogens with one attached hydrogen (secondary N) is 1. The number of anilines is 1. The van der Waals surface area contributed by atoms with Crippen LogP contribution in [0.5, 0.6) is 0 Å². The first kappa shape index (κ1) is 12.8.